The van der Waals surface area contributed by atoms with Gasteiger partial charge in [0.15, 0.2) is 0 Å². The van der Waals surface area contributed by atoms with Crippen molar-refractivity contribution in [1.29, 1.82) is 0 Å². The Morgan fingerprint density at radius 2 is 1.00 bits per heavy atom. The van der Waals surface area contributed by atoms with Crippen LogP contribution in [0.4, 0.5) is 0 Å². The van der Waals surface area contributed by atoms with Crippen molar-refractivity contribution in [3.63, 3.8) is 0 Å². The zero-order chi connectivity index (χ0) is 8.57. The molecule has 0 bridgehead atoms. The van der Waals surface area contributed by atoms with Crippen molar-refractivity contribution in [1.82, 2.24) is 0 Å². The van der Waals surface area contributed by atoms with Crippen molar-refractivity contribution in [2.45, 2.75) is 52.7 Å². The molecule has 0 fully saturated rings. The van der Waals surface area contributed by atoms with Crippen molar-refractivity contribution in [2.24, 2.45) is 0 Å². The second-order valence-corrected chi connectivity index (χ2v) is 2.44. The summed E-state index contributed by atoms with van der Waals surface area (Å²) in [6, 6.07) is 0. The Balaban J connectivity index is -0.000000107. The molecule has 0 aromatic rings. The third-order valence-electron chi connectivity index (χ3n) is 1.15. The molecule has 0 N–H and O–H groups in total. The summed E-state index contributed by atoms with van der Waals surface area (Å²) in [5.74, 6) is 0. The molecule has 2 nitrogen and oxygen atoms in total. The molecule has 2 atom stereocenters. The van der Waals surface area contributed by atoms with Gasteiger partial charge in [0.1, 0.15) is 0 Å². The smallest absolute Gasteiger partial charge is 0.852 e. The van der Waals surface area contributed by atoms with Crippen LogP contribution in [-0.2, 0) is 26.2 Å². The molecule has 3 heteroatoms. The third kappa shape index (κ3) is 36.3. The first-order valence-electron chi connectivity index (χ1n) is 3.86. The van der Waals surface area contributed by atoms with Crippen LogP contribution in [0, 0.1) is 0 Å². The van der Waals surface area contributed by atoms with E-state index in [9.17, 15) is 10.2 Å². The molecule has 0 aromatic carbocycles. The van der Waals surface area contributed by atoms with E-state index in [2.05, 4.69) is 0 Å². The second-order valence-electron chi connectivity index (χ2n) is 2.44. The van der Waals surface area contributed by atoms with Gasteiger partial charge in [-0.2, -0.15) is 0 Å². The molecular weight excluding hydrogens is 219 g/mol. The quantitative estimate of drug-likeness (QED) is 0.693. The van der Waals surface area contributed by atoms with Crippen LogP contribution in [0.3, 0.4) is 0 Å². The molecule has 0 saturated carbocycles. The van der Waals surface area contributed by atoms with Crippen molar-refractivity contribution in [3.05, 3.63) is 0 Å². The number of rotatable bonds is 2. The van der Waals surface area contributed by atoms with E-state index in [0.717, 1.165) is 12.8 Å². The molecule has 0 aliphatic carbocycles. The molecule has 0 heterocycles. The summed E-state index contributed by atoms with van der Waals surface area (Å²) in [7, 11) is 0. The average Bonchev–Trinajstić information content (AvgIpc) is 1.89. The third-order valence-corrected chi connectivity index (χ3v) is 1.15. The fourth-order valence-corrected chi connectivity index (χ4v) is 0. The molecule has 0 rings (SSSR count). The molecule has 0 aliphatic rings. The monoisotopic (exact) mass is 236 g/mol. The number of hydrogen-bond donors (Lipinski definition) is 0. The normalized spacial score (nSPS) is 13.6. The van der Waals surface area contributed by atoms with E-state index in [1.807, 2.05) is 13.8 Å². The van der Waals surface area contributed by atoms with E-state index >= 15 is 0 Å². The summed E-state index contributed by atoms with van der Waals surface area (Å²) in [6.07, 6.45) is 0.769. The van der Waals surface area contributed by atoms with E-state index < -0.39 is 0 Å². The van der Waals surface area contributed by atoms with Gasteiger partial charge in [-0.25, -0.2) is 0 Å². The maximum absolute atomic E-state index is 9.90. The Bertz CT molecular complexity index is 48.1. The SMILES string of the molecule is CCC(C)[O-].CCC(C)[O-].[Zr+2]. The first kappa shape index (κ1) is 17.8. The summed E-state index contributed by atoms with van der Waals surface area (Å²) < 4.78 is 0. The summed E-state index contributed by atoms with van der Waals surface area (Å²) in [6.45, 7) is 7.11. The van der Waals surface area contributed by atoms with Gasteiger partial charge in [0.2, 0.25) is 0 Å². The van der Waals surface area contributed by atoms with E-state index in [1.54, 1.807) is 13.8 Å². The maximum atomic E-state index is 9.90. The van der Waals surface area contributed by atoms with Crippen LogP contribution in [0.25, 0.3) is 0 Å². The zero-order valence-electron chi connectivity index (χ0n) is 7.89. The molecule has 0 saturated heterocycles. The predicted molar refractivity (Wildman–Crippen MR) is 39.5 cm³/mol. The van der Waals surface area contributed by atoms with Gasteiger partial charge in [0.05, 0.1) is 0 Å². The second kappa shape index (κ2) is 13.4. The van der Waals surface area contributed by atoms with Gasteiger partial charge in [-0.05, 0) is 0 Å². The van der Waals surface area contributed by atoms with Gasteiger partial charge < -0.3 is 10.2 Å². The molecule has 0 aliphatic heterocycles. The van der Waals surface area contributed by atoms with Gasteiger partial charge in [-0.1, -0.05) is 40.5 Å². The molecule has 0 spiro atoms. The van der Waals surface area contributed by atoms with E-state index in [0.29, 0.717) is 0 Å². The van der Waals surface area contributed by atoms with Crippen molar-refractivity contribution in [2.75, 3.05) is 0 Å². The Hall–Kier alpha value is 0.803. The average molecular weight is 237 g/mol. The first-order chi connectivity index (χ1) is 4.54. The topological polar surface area (TPSA) is 46.1 Å². The molecule has 11 heavy (non-hydrogen) atoms. The molecular formula is C8H18O2Zr. The van der Waals surface area contributed by atoms with Gasteiger partial charge in [0.25, 0.3) is 0 Å². The maximum Gasteiger partial charge on any atom is 2.00 e. The zero-order valence-corrected chi connectivity index (χ0v) is 10.3. The van der Waals surface area contributed by atoms with Crippen LogP contribution < -0.4 is 10.2 Å². The minimum absolute atomic E-state index is 0. The van der Waals surface area contributed by atoms with Gasteiger partial charge in [0, 0.05) is 0 Å². The Labute approximate surface area is 89.1 Å². The minimum atomic E-state index is -0.366. The summed E-state index contributed by atoms with van der Waals surface area (Å²) in [4.78, 5) is 0. The van der Waals surface area contributed by atoms with Crippen LogP contribution in [0.1, 0.15) is 40.5 Å². The van der Waals surface area contributed by atoms with Crippen LogP contribution in [0.2, 0.25) is 0 Å². The fourth-order valence-electron chi connectivity index (χ4n) is 0. The molecule has 66 valence electrons. The largest absolute Gasteiger partial charge is 2.00 e. The van der Waals surface area contributed by atoms with Gasteiger partial charge in [-0.15, -0.1) is 12.2 Å². The molecule has 2 unspecified atom stereocenters. The van der Waals surface area contributed by atoms with Crippen LogP contribution in [0.15, 0.2) is 0 Å². The number of hydrogen-bond acceptors (Lipinski definition) is 2. The van der Waals surface area contributed by atoms with Crippen LogP contribution >= 0.6 is 0 Å². The Kier molecular flexibility index (Phi) is 21.6. The summed E-state index contributed by atoms with van der Waals surface area (Å²) in [5, 5.41) is 19.8. The molecule has 0 amide bonds. The first-order valence-corrected chi connectivity index (χ1v) is 3.86. The van der Waals surface area contributed by atoms with Crippen LogP contribution in [0.5, 0.6) is 0 Å². The van der Waals surface area contributed by atoms with E-state index in [1.165, 1.54) is 0 Å². The summed E-state index contributed by atoms with van der Waals surface area (Å²) in [5.41, 5.74) is 0. The fraction of sp³-hybridized carbons (Fsp3) is 1.00. The van der Waals surface area contributed by atoms with E-state index in [4.69, 9.17) is 0 Å². The van der Waals surface area contributed by atoms with Crippen molar-refractivity contribution < 1.29 is 36.4 Å². The van der Waals surface area contributed by atoms with Gasteiger partial charge in [-0.3, -0.25) is 0 Å². The standard InChI is InChI=1S/2C4H9O.Zr/c2*1-3-4(2)5;/h2*4H,3H2,1-2H3;/q2*-1;+2. The van der Waals surface area contributed by atoms with Gasteiger partial charge >= 0.3 is 26.2 Å². The van der Waals surface area contributed by atoms with Crippen LogP contribution in [-0.4, -0.2) is 12.2 Å². The van der Waals surface area contributed by atoms with Crippen molar-refractivity contribution in [3.8, 4) is 0 Å². The Morgan fingerprint density at radius 1 is 0.909 bits per heavy atom. The molecule has 0 aromatic heterocycles. The Morgan fingerprint density at radius 3 is 1.00 bits per heavy atom. The minimum Gasteiger partial charge on any atom is -0.852 e. The van der Waals surface area contributed by atoms with E-state index in [-0.39, 0.29) is 38.4 Å². The summed E-state index contributed by atoms with van der Waals surface area (Å²) >= 11 is 0. The molecule has 0 radical (unpaired) electrons. The van der Waals surface area contributed by atoms with Crippen molar-refractivity contribution >= 4 is 0 Å². The predicted octanol–water partition coefficient (Wildman–Crippen LogP) is 0.288.